The van der Waals surface area contributed by atoms with Crippen molar-refractivity contribution in [2.45, 2.75) is 19.4 Å². The van der Waals surface area contributed by atoms with Crippen molar-refractivity contribution < 1.29 is 23.8 Å². The van der Waals surface area contributed by atoms with Gasteiger partial charge in [-0.3, -0.25) is 9.59 Å². The van der Waals surface area contributed by atoms with Gasteiger partial charge in [-0.05, 0) is 43.3 Å². The largest absolute Gasteiger partial charge is 0.494 e. The van der Waals surface area contributed by atoms with Crippen molar-refractivity contribution in [3.05, 3.63) is 42.5 Å². The van der Waals surface area contributed by atoms with E-state index in [1.54, 1.807) is 36.4 Å². The lowest BCUT2D eigenvalue weighted by atomic mass is 10.2. The van der Waals surface area contributed by atoms with E-state index in [4.69, 9.17) is 14.2 Å². The van der Waals surface area contributed by atoms with E-state index >= 15 is 0 Å². The third-order valence-electron chi connectivity index (χ3n) is 4.44. The zero-order valence-electron chi connectivity index (χ0n) is 14.9. The molecule has 1 fully saturated rings. The molecule has 0 radical (unpaired) electrons. The van der Waals surface area contributed by atoms with Crippen LogP contribution in [0, 0.1) is 0 Å². The minimum atomic E-state index is -0.619. The maximum absolute atomic E-state index is 12.8. The summed E-state index contributed by atoms with van der Waals surface area (Å²) in [6.07, 6.45) is 0.0977. The summed E-state index contributed by atoms with van der Waals surface area (Å²) in [7, 11) is 0. The quantitative estimate of drug-likeness (QED) is 0.818. The van der Waals surface area contributed by atoms with Crippen LogP contribution < -0.4 is 24.4 Å². The minimum Gasteiger partial charge on any atom is -0.494 e. The zero-order valence-corrected chi connectivity index (χ0v) is 14.9. The highest BCUT2D eigenvalue weighted by Gasteiger charge is 2.39. The summed E-state index contributed by atoms with van der Waals surface area (Å²) < 4.78 is 16.5. The van der Waals surface area contributed by atoms with E-state index in [9.17, 15) is 9.59 Å². The van der Waals surface area contributed by atoms with Crippen molar-refractivity contribution in [2.24, 2.45) is 0 Å². The van der Waals surface area contributed by atoms with Gasteiger partial charge in [0.1, 0.15) is 25.0 Å². The number of imide groups is 1. The normalized spacial score (nSPS) is 18.6. The lowest BCUT2D eigenvalue weighted by Gasteiger charge is -2.20. The van der Waals surface area contributed by atoms with Crippen LogP contribution in [-0.2, 0) is 9.59 Å². The van der Waals surface area contributed by atoms with Crippen LogP contribution >= 0.6 is 0 Å². The lowest BCUT2D eigenvalue weighted by Crippen LogP contribution is -2.34. The van der Waals surface area contributed by atoms with E-state index in [2.05, 4.69) is 5.32 Å². The average Bonchev–Trinajstić information content (AvgIpc) is 2.96. The van der Waals surface area contributed by atoms with Crippen molar-refractivity contribution in [2.75, 3.05) is 30.0 Å². The summed E-state index contributed by atoms with van der Waals surface area (Å²) >= 11 is 0. The number of hydrogen-bond donors (Lipinski definition) is 1. The van der Waals surface area contributed by atoms with Crippen LogP contribution in [0.2, 0.25) is 0 Å². The Morgan fingerprint density at radius 3 is 2.56 bits per heavy atom. The zero-order chi connectivity index (χ0) is 18.8. The molecule has 0 aromatic heterocycles. The maximum Gasteiger partial charge on any atom is 0.256 e. The van der Waals surface area contributed by atoms with Crippen molar-refractivity contribution in [1.82, 2.24) is 0 Å². The second-order valence-electron chi connectivity index (χ2n) is 6.25. The number of nitrogens with one attached hydrogen (secondary N) is 1. The van der Waals surface area contributed by atoms with Crippen molar-refractivity contribution in [1.29, 1.82) is 0 Å². The topological polar surface area (TPSA) is 77.1 Å². The van der Waals surface area contributed by atoms with Crippen LogP contribution in [0.15, 0.2) is 42.5 Å². The first kappa shape index (κ1) is 17.2. The molecule has 2 heterocycles. The molecule has 2 aliphatic heterocycles. The van der Waals surface area contributed by atoms with Crippen molar-refractivity contribution >= 4 is 23.2 Å². The number of fused-ring (bicyclic) bond motifs is 1. The van der Waals surface area contributed by atoms with E-state index < -0.39 is 6.04 Å². The molecule has 1 saturated heterocycles. The van der Waals surface area contributed by atoms with Crippen molar-refractivity contribution in [3.63, 3.8) is 0 Å². The molecule has 0 aliphatic carbocycles. The van der Waals surface area contributed by atoms with Gasteiger partial charge < -0.3 is 19.5 Å². The van der Waals surface area contributed by atoms with E-state index in [1.165, 1.54) is 4.90 Å². The van der Waals surface area contributed by atoms with Gasteiger partial charge in [-0.25, -0.2) is 4.90 Å². The summed E-state index contributed by atoms with van der Waals surface area (Å²) in [6.45, 7) is 3.47. The van der Waals surface area contributed by atoms with Crippen LogP contribution in [0.5, 0.6) is 17.2 Å². The monoisotopic (exact) mass is 368 g/mol. The summed E-state index contributed by atoms with van der Waals surface area (Å²) in [4.78, 5) is 26.4. The van der Waals surface area contributed by atoms with Gasteiger partial charge in [0.15, 0.2) is 11.5 Å². The van der Waals surface area contributed by atoms with Crippen LogP contribution in [0.25, 0.3) is 0 Å². The summed E-state index contributed by atoms with van der Waals surface area (Å²) in [5.41, 5.74) is 1.25. The minimum absolute atomic E-state index is 0.0977. The first-order chi connectivity index (χ1) is 13.2. The van der Waals surface area contributed by atoms with Gasteiger partial charge in [-0.1, -0.05) is 0 Å². The van der Waals surface area contributed by atoms with Gasteiger partial charge in [0, 0.05) is 11.8 Å². The summed E-state index contributed by atoms with van der Waals surface area (Å²) in [6, 6.07) is 11.7. The van der Waals surface area contributed by atoms with Gasteiger partial charge in [0.05, 0.1) is 18.7 Å². The molecule has 2 aromatic carbocycles. The molecule has 7 heteroatoms. The van der Waals surface area contributed by atoms with Crippen LogP contribution in [0.4, 0.5) is 11.4 Å². The molecule has 0 spiro atoms. The Balaban J connectivity index is 1.49. The number of ether oxygens (including phenoxy) is 3. The van der Waals surface area contributed by atoms with E-state index in [0.29, 0.717) is 48.4 Å². The van der Waals surface area contributed by atoms with Gasteiger partial charge >= 0.3 is 0 Å². The molecule has 2 aliphatic rings. The highest BCUT2D eigenvalue weighted by Crippen LogP contribution is 2.34. The molecule has 1 atom stereocenters. The second-order valence-corrected chi connectivity index (χ2v) is 6.25. The summed E-state index contributed by atoms with van der Waals surface area (Å²) in [5.74, 6) is 1.49. The Morgan fingerprint density at radius 2 is 1.81 bits per heavy atom. The molecule has 7 nitrogen and oxygen atoms in total. The molecule has 0 bridgehead atoms. The molecule has 0 unspecified atom stereocenters. The third kappa shape index (κ3) is 3.40. The predicted octanol–water partition coefficient (Wildman–Crippen LogP) is 2.60. The maximum atomic E-state index is 12.8. The smallest absolute Gasteiger partial charge is 0.256 e. The first-order valence-corrected chi connectivity index (χ1v) is 8.91. The third-order valence-corrected chi connectivity index (χ3v) is 4.44. The number of amides is 2. The standard InChI is InChI=1S/C20H20N2O5/c1-2-25-15-6-4-14(5-7-15)22-19(23)12-16(20(22)24)21-13-3-8-17-18(11-13)27-10-9-26-17/h3-8,11,16,21H,2,9-10,12H2,1H3/t16-/m0/s1. The highest BCUT2D eigenvalue weighted by molar-refractivity contribution is 6.23. The van der Waals surface area contributed by atoms with Crippen LogP contribution in [0.1, 0.15) is 13.3 Å². The molecular weight excluding hydrogens is 348 g/mol. The van der Waals surface area contributed by atoms with Gasteiger partial charge in [0.2, 0.25) is 5.91 Å². The molecular formula is C20H20N2O5. The number of anilines is 2. The van der Waals surface area contributed by atoms with Crippen molar-refractivity contribution in [3.8, 4) is 17.2 Å². The molecule has 140 valence electrons. The Kier molecular flexibility index (Phi) is 4.58. The fourth-order valence-corrected chi connectivity index (χ4v) is 3.21. The number of carbonyl (C=O) groups is 2. The van der Waals surface area contributed by atoms with Gasteiger partial charge in [-0.2, -0.15) is 0 Å². The van der Waals surface area contributed by atoms with Gasteiger partial charge in [0.25, 0.3) is 5.91 Å². The Morgan fingerprint density at radius 1 is 1.07 bits per heavy atom. The second kappa shape index (κ2) is 7.19. The Hall–Kier alpha value is -3.22. The molecule has 27 heavy (non-hydrogen) atoms. The molecule has 2 amide bonds. The Bertz CT molecular complexity index is 865. The lowest BCUT2D eigenvalue weighted by molar-refractivity contribution is -0.121. The molecule has 0 saturated carbocycles. The van der Waals surface area contributed by atoms with Crippen LogP contribution in [0.3, 0.4) is 0 Å². The number of carbonyl (C=O) groups excluding carboxylic acids is 2. The average molecular weight is 368 g/mol. The molecule has 2 aromatic rings. The fourth-order valence-electron chi connectivity index (χ4n) is 3.21. The number of nitrogens with zero attached hydrogens (tertiary/aromatic N) is 1. The molecule has 1 N–H and O–H groups in total. The van der Waals surface area contributed by atoms with Gasteiger partial charge in [-0.15, -0.1) is 0 Å². The van der Waals surface area contributed by atoms with Crippen LogP contribution in [-0.4, -0.2) is 37.7 Å². The number of benzene rings is 2. The fraction of sp³-hybridized carbons (Fsp3) is 0.300. The number of hydrogen-bond acceptors (Lipinski definition) is 6. The Labute approximate surface area is 156 Å². The van der Waals surface area contributed by atoms with E-state index in [-0.39, 0.29) is 18.2 Å². The predicted molar refractivity (Wildman–Crippen MR) is 99.6 cm³/mol. The highest BCUT2D eigenvalue weighted by atomic mass is 16.6. The SMILES string of the molecule is CCOc1ccc(N2C(=O)C[C@H](Nc3ccc4c(c3)OCCO4)C2=O)cc1. The summed E-state index contributed by atoms with van der Waals surface area (Å²) in [5, 5.41) is 3.13. The van der Waals surface area contributed by atoms with E-state index in [1.807, 2.05) is 13.0 Å². The number of rotatable bonds is 5. The molecule has 4 rings (SSSR count). The first-order valence-electron chi connectivity index (χ1n) is 8.91. The van der Waals surface area contributed by atoms with E-state index in [0.717, 1.165) is 0 Å².